The fraction of sp³-hybridized carbons (Fsp3) is 0.706. The van der Waals surface area contributed by atoms with Gasteiger partial charge in [-0.05, 0) is 25.8 Å². The van der Waals surface area contributed by atoms with E-state index in [1.165, 1.54) is 0 Å². The van der Waals surface area contributed by atoms with Crippen LogP contribution in [0.25, 0.3) is 11.2 Å². The maximum Gasteiger partial charge on any atom is 0.318 e. The Hall–Kier alpha value is -1.93. The number of aromatic nitrogens is 4. The van der Waals surface area contributed by atoms with Gasteiger partial charge in [0.2, 0.25) is 0 Å². The van der Waals surface area contributed by atoms with Crippen LogP contribution in [0.3, 0.4) is 0 Å². The molecule has 0 spiro atoms. The smallest absolute Gasteiger partial charge is 0.318 e. The highest BCUT2D eigenvalue weighted by Gasteiger charge is 2.14. The minimum absolute atomic E-state index is 0.394. The lowest BCUT2D eigenvalue weighted by atomic mass is 10.3. The summed E-state index contributed by atoms with van der Waals surface area (Å²) in [5.41, 5.74) is 1.48. The van der Waals surface area contributed by atoms with Gasteiger partial charge in [-0.2, -0.15) is 9.97 Å². The standard InChI is InChI=1S/C17H29N5O3/c1-4-5-11-25-16-19-13-14-15(21-16)22(17(20-14)24-3)10-7-6-8-18-9-12-23-2/h13,18H,4-12H2,1-3H3. The fourth-order valence-electron chi connectivity index (χ4n) is 2.44. The third-order valence-corrected chi connectivity index (χ3v) is 3.81. The molecule has 0 atom stereocenters. The number of nitrogens with one attached hydrogen (secondary N) is 1. The molecule has 2 heterocycles. The predicted molar refractivity (Wildman–Crippen MR) is 96.3 cm³/mol. The van der Waals surface area contributed by atoms with Crippen LogP contribution in [0.1, 0.15) is 32.6 Å². The van der Waals surface area contributed by atoms with Crippen molar-refractivity contribution in [3.8, 4) is 12.0 Å². The summed E-state index contributed by atoms with van der Waals surface area (Å²) in [6.45, 7) is 6.10. The number of imidazole rings is 1. The molecule has 25 heavy (non-hydrogen) atoms. The molecule has 0 radical (unpaired) electrons. The molecule has 0 amide bonds. The van der Waals surface area contributed by atoms with Crippen LogP contribution in [-0.2, 0) is 11.3 Å². The Morgan fingerprint density at radius 1 is 1.08 bits per heavy atom. The van der Waals surface area contributed by atoms with Gasteiger partial charge in [0, 0.05) is 20.2 Å². The first-order valence-corrected chi connectivity index (χ1v) is 8.89. The minimum Gasteiger partial charge on any atom is -0.468 e. The maximum atomic E-state index is 5.61. The largest absolute Gasteiger partial charge is 0.468 e. The average Bonchev–Trinajstić information content (AvgIpc) is 2.98. The molecular weight excluding hydrogens is 322 g/mol. The summed E-state index contributed by atoms with van der Waals surface area (Å²) >= 11 is 0. The highest BCUT2D eigenvalue weighted by molar-refractivity contribution is 5.71. The second-order valence-corrected chi connectivity index (χ2v) is 5.76. The summed E-state index contributed by atoms with van der Waals surface area (Å²) in [6, 6.07) is 0.952. The Labute approximate surface area is 148 Å². The normalized spacial score (nSPS) is 11.2. The minimum atomic E-state index is 0.394. The van der Waals surface area contributed by atoms with Crippen molar-refractivity contribution < 1.29 is 14.2 Å². The topological polar surface area (TPSA) is 83.3 Å². The summed E-state index contributed by atoms with van der Waals surface area (Å²) in [4.78, 5) is 13.2. The number of aryl methyl sites for hydroxylation is 1. The molecule has 0 saturated heterocycles. The number of nitrogens with zero attached hydrogens (tertiary/aromatic N) is 4. The second kappa shape index (κ2) is 10.8. The van der Waals surface area contributed by atoms with Crippen LogP contribution < -0.4 is 14.8 Å². The van der Waals surface area contributed by atoms with Crippen molar-refractivity contribution >= 4 is 11.2 Å². The van der Waals surface area contributed by atoms with E-state index in [4.69, 9.17) is 14.2 Å². The van der Waals surface area contributed by atoms with Gasteiger partial charge >= 0.3 is 6.01 Å². The zero-order chi connectivity index (χ0) is 17.9. The van der Waals surface area contributed by atoms with Gasteiger partial charge in [0.05, 0.1) is 26.5 Å². The lowest BCUT2D eigenvalue weighted by molar-refractivity contribution is 0.199. The average molecular weight is 351 g/mol. The highest BCUT2D eigenvalue weighted by Crippen LogP contribution is 2.21. The molecule has 8 heteroatoms. The van der Waals surface area contributed by atoms with Gasteiger partial charge in [0.1, 0.15) is 5.52 Å². The van der Waals surface area contributed by atoms with Crippen molar-refractivity contribution in [2.75, 3.05) is 40.5 Å². The van der Waals surface area contributed by atoms with Gasteiger partial charge in [0.15, 0.2) is 5.65 Å². The number of hydrogen-bond acceptors (Lipinski definition) is 7. The number of fused-ring (bicyclic) bond motifs is 1. The van der Waals surface area contributed by atoms with Crippen molar-refractivity contribution in [1.29, 1.82) is 0 Å². The van der Waals surface area contributed by atoms with Gasteiger partial charge < -0.3 is 19.5 Å². The van der Waals surface area contributed by atoms with E-state index in [2.05, 4.69) is 27.2 Å². The van der Waals surface area contributed by atoms with E-state index in [0.29, 0.717) is 18.6 Å². The molecule has 0 unspecified atom stereocenters. The molecule has 8 nitrogen and oxygen atoms in total. The molecule has 0 bridgehead atoms. The van der Waals surface area contributed by atoms with Crippen LogP contribution in [0, 0.1) is 0 Å². The van der Waals surface area contributed by atoms with Crippen LogP contribution in [0.15, 0.2) is 6.20 Å². The Balaban J connectivity index is 1.97. The molecule has 1 N–H and O–H groups in total. The summed E-state index contributed by atoms with van der Waals surface area (Å²) in [7, 11) is 3.33. The first-order chi connectivity index (χ1) is 12.3. The Morgan fingerprint density at radius 2 is 1.96 bits per heavy atom. The van der Waals surface area contributed by atoms with Crippen LogP contribution in [0.4, 0.5) is 0 Å². The van der Waals surface area contributed by atoms with E-state index >= 15 is 0 Å². The van der Waals surface area contributed by atoms with Crippen LogP contribution in [0.5, 0.6) is 12.0 Å². The molecule has 0 aromatic carbocycles. The number of ether oxygens (including phenoxy) is 3. The molecule has 0 aliphatic heterocycles. The molecular formula is C17H29N5O3. The van der Waals surface area contributed by atoms with Crippen molar-refractivity contribution in [2.45, 2.75) is 39.2 Å². The molecule has 140 valence electrons. The molecule has 2 aromatic rings. The van der Waals surface area contributed by atoms with Gasteiger partial charge in [-0.3, -0.25) is 4.57 Å². The monoisotopic (exact) mass is 351 g/mol. The SMILES string of the molecule is CCCCOc1ncc2nc(OC)n(CCCCNCCOC)c2n1. The van der Waals surface area contributed by atoms with E-state index in [1.54, 1.807) is 20.4 Å². The summed E-state index contributed by atoms with van der Waals surface area (Å²) in [5, 5.41) is 3.34. The molecule has 2 rings (SSSR count). The first-order valence-electron chi connectivity index (χ1n) is 8.89. The number of hydrogen-bond donors (Lipinski definition) is 1. The van der Waals surface area contributed by atoms with Crippen molar-refractivity contribution in [3.63, 3.8) is 0 Å². The van der Waals surface area contributed by atoms with Crippen molar-refractivity contribution in [1.82, 2.24) is 24.8 Å². The first kappa shape index (κ1) is 19.4. The van der Waals surface area contributed by atoms with E-state index in [0.717, 1.165) is 63.1 Å². The second-order valence-electron chi connectivity index (χ2n) is 5.76. The number of unbranched alkanes of at least 4 members (excludes halogenated alkanes) is 2. The molecule has 0 aliphatic rings. The van der Waals surface area contributed by atoms with E-state index in [-0.39, 0.29) is 0 Å². The fourth-order valence-corrected chi connectivity index (χ4v) is 2.44. The van der Waals surface area contributed by atoms with Crippen molar-refractivity contribution in [2.24, 2.45) is 0 Å². The van der Waals surface area contributed by atoms with E-state index in [9.17, 15) is 0 Å². The van der Waals surface area contributed by atoms with E-state index in [1.807, 2.05) is 4.57 Å². The summed E-state index contributed by atoms with van der Waals surface area (Å²) < 4.78 is 18.0. The van der Waals surface area contributed by atoms with Gasteiger partial charge in [0.25, 0.3) is 6.01 Å². The molecule has 0 fully saturated rings. The summed E-state index contributed by atoms with van der Waals surface area (Å²) in [5.74, 6) is 0. The number of rotatable bonds is 13. The Morgan fingerprint density at radius 3 is 2.72 bits per heavy atom. The third-order valence-electron chi connectivity index (χ3n) is 3.81. The summed E-state index contributed by atoms with van der Waals surface area (Å²) in [6.07, 6.45) is 5.80. The van der Waals surface area contributed by atoms with Crippen LogP contribution >= 0.6 is 0 Å². The van der Waals surface area contributed by atoms with Crippen LogP contribution in [-0.4, -0.2) is 60.0 Å². The van der Waals surface area contributed by atoms with Crippen molar-refractivity contribution in [3.05, 3.63) is 6.20 Å². The highest BCUT2D eigenvalue weighted by atomic mass is 16.5. The maximum absolute atomic E-state index is 5.61. The Bertz CT molecular complexity index is 632. The van der Waals surface area contributed by atoms with Gasteiger partial charge in [-0.15, -0.1) is 0 Å². The predicted octanol–water partition coefficient (Wildman–Crippen LogP) is 2.03. The van der Waals surface area contributed by atoms with Crippen LogP contribution in [0.2, 0.25) is 0 Å². The molecule has 2 aromatic heterocycles. The lowest BCUT2D eigenvalue weighted by Crippen LogP contribution is -2.20. The lowest BCUT2D eigenvalue weighted by Gasteiger charge is -2.08. The molecule has 0 saturated carbocycles. The third kappa shape index (κ3) is 5.82. The Kier molecular flexibility index (Phi) is 8.41. The number of methoxy groups -OCH3 is 2. The van der Waals surface area contributed by atoms with E-state index < -0.39 is 0 Å². The zero-order valence-electron chi connectivity index (χ0n) is 15.5. The quantitative estimate of drug-likeness (QED) is 0.553. The van der Waals surface area contributed by atoms with Gasteiger partial charge in [-0.1, -0.05) is 13.3 Å². The molecule has 0 aliphatic carbocycles. The van der Waals surface area contributed by atoms with Gasteiger partial charge in [-0.25, -0.2) is 4.98 Å². The zero-order valence-corrected chi connectivity index (χ0v) is 15.5.